The summed E-state index contributed by atoms with van der Waals surface area (Å²) in [5.74, 6) is 0.827. The highest BCUT2D eigenvalue weighted by molar-refractivity contribution is 5.81. The van der Waals surface area contributed by atoms with E-state index in [1.807, 2.05) is 36.4 Å². The van der Waals surface area contributed by atoms with E-state index in [1.54, 1.807) is 12.1 Å². The van der Waals surface area contributed by atoms with Gasteiger partial charge in [0.2, 0.25) is 0 Å². The Balaban J connectivity index is 1.28. The van der Waals surface area contributed by atoms with Gasteiger partial charge in [0.05, 0.1) is 6.61 Å². The molecule has 8 heteroatoms. The molecule has 0 radical (unpaired) electrons. The van der Waals surface area contributed by atoms with Crippen LogP contribution in [0.5, 0.6) is 11.5 Å². The molecule has 0 bridgehead atoms. The van der Waals surface area contributed by atoms with E-state index < -0.39 is 6.10 Å². The molecule has 4 N–H and O–H groups in total. The van der Waals surface area contributed by atoms with Crippen LogP contribution in [-0.4, -0.2) is 46.4 Å². The van der Waals surface area contributed by atoms with Gasteiger partial charge in [-0.25, -0.2) is 0 Å². The molecule has 6 aromatic carbocycles. The number of aliphatic hydroxyl groups is 4. The highest BCUT2D eigenvalue weighted by Gasteiger charge is 2.16. The van der Waals surface area contributed by atoms with Crippen LogP contribution in [0.3, 0.4) is 0 Å². The number of aryl methyl sites for hydroxylation is 2. The predicted octanol–water partition coefficient (Wildman–Crippen LogP) is 9.98. The lowest BCUT2D eigenvalue weighted by Gasteiger charge is -2.26. The molecule has 0 aliphatic rings. The molecule has 0 aromatic heterocycles. The summed E-state index contributed by atoms with van der Waals surface area (Å²) in [6.45, 7) is 3.65. The number of nitrogens with zero attached hydrogens (tertiary/aromatic N) is 2. The molecule has 1 atom stereocenters. The molecule has 6 rings (SSSR count). The summed E-state index contributed by atoms with van der Waals surface area (Å²) < 4.78 is 11.2. The van der Waals surface area contributed by atoms with E-state index >= 15 is 0 Å². The van der Waals surface area contributed by atoms with Crippen molar-refractivity contribution in [2.24, 2.45) is 0 Å². The molecule has 1 unspecified atom stereocenters. The summed E-state index contributed by atoms with van der Waals surface area (Å²) in [6.07, 6.45) is -0.348. The second-order valence-corrected chi connectivity index (χ2v) is 12.5. The van der Waals surface area contributed by atoms with Crippen LogP contribution in [0, 0.1) is 13.8 Å². The van der Waals surface area contributed by atoms with Crippen molar-refractivity contribution in [1.82, 2.24) is 0 Å². The minimum absolute atomic E-state index is 0.0135. The van der Waals surface area contributed by atoms with Crippen LogP contribution in [0.25, 0.3) is 11.1 Å². The lowest BCUT2D eigenvalue weighted by molar-refractivity contribution is 0.0536. The maximum Gasteiger partial charge on any atom is 0.164 e. The summed E-state index contributed by atoms with van der Waals surface area (Å²) in [4.78, 5) is 4.35. The van der Waals surface area contributed by atoms with Crippen molar-refractivity contribution < 1.29 is 29.9 Å². The monoisotopic (exact) mass is 694 g/mol. The van der Waals surface area contributed by atoms with Gasteiger partial charge < -0.3 is 39.7 Å². The van der Waals surface area contributed by atoms with Crippen LogP contribution in [-0.2, 0) is 0 Å². The summed E-state index contributed by atoms with van der Waals surface area (Å²) >= 11 is 0. The number of benzene rings is 6. The molecule has 0 heterocycles. The molecule has 0 aliphatic heterocycles. The molecule has 6 aromatic rings. The van der Waals surface area contributed by atoms with E-state index in [0.29, 0.717) is 17.8 Å². The molecule has 0 spiro atoms. The molecule has 0 saturated carbocycles. The second kappa shape index (κ2) is 16.7. The van der Waals surface area contributed by atoms with E-state index in [2.05, 4.69) is 121 Å². The molecule has 8 nitrogen and oxygen atoms in total. The topological polar surface area (TPSA) is 106 Å². The molecule has 0 amide bonds. The SMILES string of the molecule is Cc1ccc(N(c2ccc(C)cc2)c2ccc(-c3ccc(N(c4ccc(OC/C(O)=C\O)cc4)c4ccc(OCC(O)CO)cc4)cc3)cc2)cc1. The lowest BCUT2D eigenvalue weighted by Crippen LogP contribution is -2.21. The van der Waals surface area contributed by atoms with Crippen LogP contribution in [0.4, 0.5) is 34.1 Å². The van der Waals surface area contributed by atoms with Gasteiger partial charge >= 0.3 is 0 Å². The largest absolute Gasteiger partial charge is 0.512 e. The fourth-order valence-electron chi connectivity index (χ4n) is 5.71. The number of rotatable bonds is 14. The van der Waals surface area contributed by atoms with Crippen molar-refractivity contribution in [3.05, 3.63) is 169 Å². The summed E-state index contributed by atoms with van der Waals surface area (Å²) in [5, 5.41) is 37.3. The van der Waals surface area contributed by atoms with E-state index in [-0.39, 0.29) is 25.6 Å². The van der Waals surface area contributed by atoms with Crippen molar-refractivity contribution >= 4 is 34.1 Å². The van der Waals surface area contributed by atoms with E-state index in [0.717, 1.165) is 45.3 Å². The Morgan fingerprint density at radius 3 is 1.21 bits per heavy atom. The third-order valence-corrected chi connectivity index (χ3v) is 8.55. The van der Waals surface area contributed by atoms with Crippen LogP contribution in [0.1, 0.15) is 11.1 Å². The van der Waals surface area contributed by atoms with E-state index in [4.69, 9.17) is 19.7 Å². The van der Waals surface area contributed by atoms with Crippen molar-refractivity contribution in [3.63, 3.8) is 0 Å². The number of hydrogen-bond donors (Lipinski definition) is 4. The van der Waals surface area contributed by atoms with E-state index in [1.165, 1.54) is 11.1 Å². The predicted molar refractivity (Wildman–Crippen MR) is 208 cm³/mol. The van der Waals surface area contributed by atoms with Gasteiger partial charge in [0.15, 0.2) is 5.76 Å². The minimum Gasteiger partial charge on any atom is -0.512 e. The number of hydrogen-bond acceptors (Lipinski definition) is 8. The van der Waals surface area contributed by atoms with Gasteiger partial charge in [0.1, 0.15) is 37.1 Å². The maximum atomic E-state index is 9.69. The van der Waals surface area contributed by atoms with Crippen LogP contribution >= 0.6 is 0 Å². The summed E-state index contributed by atoms with van der Waals surface area (Å²) in [6, 6.07) is 49.0. The zero-order valence-corrected chi connectivity index (χ0v) is 29.1. The quantitative estimate of drug-likeness (QED) is 0.0836. The molecular weight excluding hydrogens is 652 g/mol. The normalized spacial score (nSPS) is 11.9. The first kappa shape index (κ1) is 35.6. The van der Waals surface area contributed by atoms with Crippen LogP contribution in [0.15, 0.2) is 158 Å². The Kier molecular flexibility index (Phi) is 11.4. The zero-order valence-electron chi connectivity index (χ0n) is 29.1. The third kappa shape index (κ3) is 8.73. The Bertz CT molecular complexity index is 2000. The minimum atomic E-state index is -0.957. The van der Waals surface area contributed by atoms with Gasteiger partial charge in [-0.3, -0.25) is 0 Å². The fourth-order valence-corrected chi connectivity index (χ4v) is 5.71. The molecule has 0 fully saturated rings. The van der Waals surface area contributed by atoms with Gasteiger partial charge in [-0.05, 0) is 122 Å². The Morgan fingerprint density at radius 2 is 0.865 bits per heavy atom. The highest BCUT2D eigenvalue weighted by atomic mass is 16.5. The first-order valence-corrected chi connectivity index (χ1v) is 17.0. The van der Waals surface area contributed by atoms with Gasteiger partial charge in [-0.15, -0.1) is 0 Å². The van der Waals surface area contributed by atoms with Crippen molar-refractivity contribution in [3.8, 4) is 22.6 Å². The average Bonchev–Trinajstić information content (AvgIpc) is 3.19. The molecule has 52 heavy (non-hydrogen) atoms. The summed E-state index contributed by atoms with van der Waals surface area (Å²) in [7, 11) is 0. The van der Waals surface area contributed by atoms with Gasteiger partial charge in [0, 0.05) is 34.1 Å². The first-order chi connectivity index (χ1) is 25.3. The first-order valence-electron chi connectivity index (χ1n) is 17.0. The number of aliphatic hydroxyl groups excluding tert-OH is 4. The Labute approximate surface area is 304 Å². The van der Waals surface area contributed by atoms with Crippen LogP contribution < -0.4 is 19.3 Å². The smallest absolute Gasteiger partial charge is 0.164 e. The Morgan fingerprint density at radius 1 is 0.538 bits per heavy atom. The summed E-state index contributed by atoms with van der Waals surface area (Å²) in [5.41, 5.74) is 10.5. The third-order valence-electron chi connectivity index (χ3n) is 8.55. The van der Waals surface area contributed by atoms with E-state index in [9.17, 15) is 10.2 Å². The number of anilines is 6. The average molecular weight is 695 g/mol. The van der Waals surface area contributed by atoms with Gasteiger partial charge in [-0.2, -0.15) is 0 Å². The second-order valence-electron chi connectivity index (χ2n) is 12.5. The van der Waals surface area contributed by atoms with Crippen molar-refractivity contribution in [2.45, 2.75) is 20.0 Å². The van der Waals surface area contributed by atoms with Crippen molar-refractivity contribution in [1.29, 1.82) is 0 Å². The van der Waals surface area contributed by atoms with Gasteiger partial charge in [-0.1, -0.05) is 59.7 Å². The molecular formula is C44H42N2O6. The number of ether oxygens (including phenoxy) is 2. The van der Waals surface area contributed by atoms with Crippen molar-refractivity contribution in [2.75, 3.05) is 29.6 Å². The Hall–Kier alpha value is -6.22. The fraction of sp³-hybridized carbons (Fsp3) is 0.136. The zero-order chi connectivity index (χ0) is 36.5. The molecule has 0 aliphatic carbocycles. The maximum absolute atomic E-state index is 9.69. The molecule has 0 saturated heterocycles. The van der Waals surface area contributed by atoms with Crippen LogP contribution in [0.2, 0.25) is 0 Å². The molecule has 264 valence electrons. The standard InChI is InChI=1S/C44H42N2O6/c1-31-3-11-35(12-4-31)45(36-13-5-32(2)6-14-36)37-15-7-33(8-16-37)34-9-17-38(18-10-34)46(39-19-23-43(24-20-39)51-29-41(49)27-47)40-21-25-44(26-22-40)52-30-42(50)28-48/h3-27,42,47-50H,28-30H2,1-2H3/b41-27+. The highest BCUT2D eigenvalue weighted by Crippen LogP contribution is 2.39. The lowest BCUT2D eigenvalue weighted by atomic mass is 10.0. The van der Waals surface area contributed by atoms with Gasteiger partial charge in [0.25, 0.3) is 0 Å².